The Hall–Kier alpha value is -2.67. The number of aryl methyl sites for hydroxylation is 1. The van der Waals surface area contributed by atoms with Crippen LogP contribution in [0.1, 0.15) is 43.0 Å². The summed E-state index contributed by atoms with van der Waals surface area (Å²) in [4.78, 5) is 14.5. The third kappa shape index (κ3) is 6.08. The van der Waals surface area contributed by atoms with Gasteiger partial charge in [0.2, 0.25) is 0 Å². The molecule has 2 aromatic heterocycles. The highest BCUT2D eigenvalue weighted by molar-refractivity contribution is 7.92. The van der Waals surface area contributed by atoms with Crippen LogP contribution in [0.3, 0.4) is 0 Å². The van der Waals surface area contributed by atoms with Gasteiger partial charge in [-0.3, -0.25) is 4.68 Å². The van der Waals surface area contributed by atoms with Gasteiger partial charge in [0, 0.05) is 24.4 Å². The molecule has 2 amide bonds. The summed E-state index contributed by atoms with van der Waals surface area (Å²) in [6.07, 6.45) is 5.35. The number of nitrogens with one attached hydrogen (secondary N) is 2. The molecule has 0 spiro atoms. The topological polar surface area (TPSA) is 96.3 Å². The first-order valence-corrected chi connectivity index (χ1v) is 15.4. The summed E-state index contributed by atoms with van der Waals surface area (Å²) in [5.41, 5.74) is 3.11. The number of hydrogen-bond acceptors (Lipinski definition) is 6. The lowest BCUT2D eigenvalue weighted by atomic mass is 9.91. The van der Waals surface area contributed by atoms with Crippen molar-refractivity contribution in [1.29, 1.82) is 0 Å². The zero-order valence-corrected chi connectivity index (χ0v) is 23.7. The van der Waals surface area contributed by atoms with Crippen molar-refractivity contribution in [2.45, 2.75) is 42.4 Å². The summed E-state index contributed by atoms with van der Waals surface area (Å²) in [5.74, 6) is -0.819. The van der Waals surface area contributed by atoms with Crippen molar-refractivity contribution < 1.29 is 22.0 Å². The van der Waals surface area contributed by atoms with Crippen molar-refractivity contribution in [3.05, 3.63) is 68.8 Å². The van der Waals surface area contributed by atoms with Crippen LogP contribution in [0.2, 0.25) is 9.36 Å². The number of urea groups is 1. The number of anilines is 1. The summed E-state index contributed by atoms with van der Waals surface area (Å²) in [5, 5.41) is 6.95. The molecule has 1 aromatic carbocycles. The number of piperidine rings is 1. The molecule has 0 radical (unpaired) electrons. The normalized spacial score (nSPS) is 17.6. The number of carbonyl (C=O) groups is 1. The van der Waals surface area contributed by atoms with E-state index in [9.17, 15) is 17.6 Å². The molecule has 8 nitrogen and oxygen atoms in total. The zero-order valence-electron chi connectivity index (χ0n) is 20.6. The van der Waals surface area contributed by atoms with E-state index in [-0.39, 0.29) is 25.4 Å². The van der Waals surface area contributed by atoms with Crippen LogP contribution in [0.25, 0.3) is 5.57 Å². The van der Waals surface area contributed by atoms with E-state index in [0.717, 1.165) is 61.8 Å². The molecular formula is C25H25Cl2F2N5O3S2. The average Bonchev–Trinajstić information content (AvgIpc) is 3.51. The lowest BCUT2D eigenvalue weighted by Gasteiger charge is -2.35. The quantitative estimate of drug-likeness (QED) is 0.358. The third-order valence-electron chi connectivity index (χ3n) is 6.88. The molecule has 1 fully saturated rings. The fourth-order valence-electron chi connectivity index (χ4n) is 4.98. The first kappa shape index (κ1) is 27.9. The predicted octanol–water partition coefficient (Wildman–Crippen LogP) is 5.94. The molecule has 0 unspecified atom stereocenters. The molecule has 3 heterocycles. The predicted molar refractivity (Wildman–Crippen MR) is 148 cm³/mol. The van der Waals surface area contributed by atoms with Gasteiger partial charge in [-0.05, 0) is 68.0 Å². The van der Waals surface area contributed by atoms with Crippen LogP contribution in [0.4, 0.5) is 19.3 Å². The minimum atomic E-state index is -4.21. The Morgan fingerprint density at radius 1 is 1.15 bits per heavy atom. The molecule has 2 N–H and O–H groups in total. The van der Waals surface area contributed by atoms with E-state index in [1.165, 1.54) is 12.1 Å². The lowest BCUT2D eigenvalue weighted by molar-refractivity contribution is 0.246. The molecule has 5 rings (SSSR count). The number of nitrogens with zero attached hydrogens (tertiary/aromatic N) is 3. The van der Waals surface area contributed by atoms with Gasteiger partial charge in [-0.25, -0.2) is 26.7 Å². The van der Waals surface area contributed by atoms with Crippen molar-refractivity contribution in [1.82, 2.24) is 19.8 Å². The highest BCUT2D eigenvalue weighted by Crippen LogP contribution is 2.37. The SMILES string of the molecule is O=C(NC/C(F)=C1\CCCc2cnn(C3CCN(c4ccc(F)cc4)CC3)c21)NS(=O)(=O)c1cc(Cl)c(Cl)s1. The van der Waals surface area contributed by atoms with Crippen molar-refractivity contribution in [2.24, 2.45) is 0 Å². The van der Waals surface area contributed by atoms with E-state index in [4.69, 9.17) is 23.2 Å². The summed E-state index contributed by atoms with van der Waals surface area (Å²) in [6.45, 7) is 1.03. The second-order valence-corrected chi connectivity index (χ2v) is 13.3. The summed E-state index contributed by atoms with van der Waals surface area (Å²) in [6, 6.07) is 6.56. The maximum Gasteiger partial charge on any atom is 0.329 e. The number of thiophene rings is 1. The molecule has 39 heavy (non-hydrogen) atoms. The van der Waals surface area contributed by atoms with E-state index in [1.54, 1.807) is 18.3 Å². The standard InChI is InChI=1S/C25H25Cl2F2N5O3S2/c26-20-12-22(38-24(20)27)39(36,37)32-25(35)30-14-21(29)19-3-1-2-15-13-31-34(23(15)19)18-8-10-33(11-9-18)17-6-4-16(28)5-7-17/h4-7,12-13,18H,1-3,8-11,14H2,(H2,30,32,35)/b21-19-. The highest BCUT2D eigenvalue weighted by Gasteiger charge is 2.29. The number of hydrogen-bond donors (Lipinski definition) is 2. The van der Waals surface area contributed by atoms with E-state index in [0.29, 0.717) is 23.3 Å². The lowest BCUT2D eigenvalue weighted by Crippen LogP contribution is -2.39. The van der Waals surface area contributed by atoms with E-state index < -0.39 is 28.4 Å². The van der Waals surface area contributed by atoms with Gasteiger partial charge in [0.1, 0.15) is 20.2 Å². The average molecular weight is 617 g/mol. The monoisotopic (exact) mass is 615 g/mol. The number of fused-ring (bicyclic) bond motifs is 1. The van der Waals surface area contributed by atoms with Crippen LogP contribution < -0.4 is 14.9 Å². The molecule has 0 atom stereocenters. The Morgan fingerprint density at radius 2 is 1.87 bits per heavy atom. The van der Waals surface area contributed by atoms with Crippen LogP contribution >= 0.6 is 34.5 Å². The number of carbonyl (C=O) groups excluding carboxylic acids is 1. The molecular weight excluding hydrogens is 591 g/mol. The fraction of sp³-hybridized carbons (Fsp3) is 0.360. The Bertz CT molecular complexity index is 1500. The molecule has 208 valence electrons. The molecule has 1 aliphatic carbocycles. The van der Waals surface area contributed by atoms with Gasteiger partial charge in [0.25, 0.3) is 10.0 Å². The summed E-state index contributed by atoms with van der Waals surface area (Å²) < 4.78 is 57.2. The van der Waals surface area contributed by atoms with Gasteiger partial charge in [-0.1, -0.05) is 23.2 Å². The molecule has 14 heteroatoms. The van der Waals surface area contributed by atoms with E-state index in [1.807, 2.05) is 9.40 Å². The maximum atomic E-state index is 15.5. The Morgan fingerprint density at radius 3 is 2.54 bits per heavy atom. The smallest absolute Gasteiger partial charge is 0.329 e. The van der Waals surface area contributed by atoms with Crippen LogP contribution in [-0.4, -0.2) is 43.9 Å². The molecule has 2 aliphatic rings. The molecule has 1 saturated heterocycles. The summed E-state index contributed by atoms with van der Waals surface area (Å²) in [7, 11) is -4.21. The number of allylic oxidation sites excluding steroid dienone is 1. The van der Waals surface area contributed by atoms with Crippen molar-refractivity contribution in [2.75, 3.05) is 24.5 Å². The number of rotatable bonds is 6. The first-order valence-electron chi connectivity index (χ1n) is 12.3. The van der Waals surface area contributed by atoms with Crippen molar-refractivity contribution >= 4 is 61.9 Å². The van der Waals surface area contributed by atoms with Gasteiger partial charge in [0.15, 0.2) is 0 Å². The summed E-state index contributed by atoms with van der Waals surface area (Å²) >= 11 is 12.3. The number of benzene rings is 1. The second-order valence-electron chi connectivity index (χ2n) is 9.37. The van der Waals surface area contributed by atoms with E-state index in [2.05, 4.69) is 15.3 Å². The minimum absolute atomic E-state index is 0.0593. The number of amides is 2. The number of aromatic nitrogens is 2. The van der Waals surface area contributed by atoms with Gasteiger partial charge in [-0.2, -0.15) is 5.10 Å². The molecule has 3 aromatic rings. The van der Waals surface area contributed by atoms with E-state index >= 15 is 4.39 Å². The zero-order chi connectivity index (χ0) is 27.7. The Kier molecular flexibility index (Phi) is 8.18. The van der Waals surface area contributed by atoms with Gasteiger partial charge in [0.05, 0.1) is 29.5 Å². The largest absolute Gasteiger partial charge is 0.371 e. The third-order valence-corrected chi connectivity index (χ3v) is 10.5. The molecule has 0 saturated carbocycles. The van der Waals surface area contributed by atoms with Crippen LogP contribution in [-0.2, 0) is 16.4 Å². The first-order chi connectivity index (χ1) is 18.6. The van der Waals surface area contributed by atoms with Crippen LogP contribution in [0.5, 0.6) is 0 Å². The Balaban J connectivity index is 1.26. The van der Waals surface area contributed by atoms with Gasteiger partial charge >= 0.3 is 6.03 Å². The van der Waals surface area contributed by atoms with Crippen molar-refractivity contribution in [3.8, 4) is 0 Å². The maximum absolute atomic E-state index is 15.5. The van der Waals surface area contributed by atoms with Gasteiger partial charge in [-0.15, -0.1) is 11.3 Å². The minimum Gasteiger partial charge on any atom is -0.371 e. The fourth-order valence-corrected chi connectivity index (χ4v) is 7.79. The Labute approximate surface area is 238 Å². The number of sulfonamides is 1. The van der Waals surface area contributed by atoms with Crippen LogP contribution in [0.15, 0.2) is 46.6 Å². The number of halogens is 4. The van der Waals surface area contributed by atoms with Crippen molar-refractivity contribution in [3.63, 3.8) is 0 Å². The highest BCUT2D eigenvalue weighted by atomic mass is 35.5. The molecule has 1 aliphatic heterocycles. The molecule has 0 bridgehead atoms. The second kappa shape index (κ2) is 11.4. The van der Waals surface area contributed by atoms with Crippen LogP contribution in [0, 0.1) is 5.82 Å². The van der Waals surface area contributed by atoms with Gasteiger partial charge < -0.3 is 10.2 Å².